The lowest BCUT2D eigenvalue weighted by molar-refractivity contribution is 0.768. The van der Waals surface area contributed by atoms with E-state index in [1.54, 1.807) is 10.9 Å². The third-order valence-electron chi connectivity index (χ3n) is 4.82. The Labute approximate surface area is 156 Å². The number of imidazole rings is 1. The van der Waals surface area contributed by atoms with Gasteiger partial charge in [-0.05, 0) is 25.1 Å². The SMILES string of the molecule is Cn1cc(-c2cn3c(-c4cccc(N[C@@H]5CCNC5)n4)cnc3cn2)cn1. The van der Waals surface area contributed by atoms with Crippen molar-refractivity contribution in [3.63, 3.8) is 0 Å². The van der Waals surface area contributed by atoms with Crippen LogP contribution in [0.2, 0.25) is 0 Å². The predicted octanol–water partition coefficient (Wildman–Crippen LogP) is 1.97. The van der Waals surface area contributed by atoms with Crippen molar-refractivity contribution >= 4 is 11.5 Å². The maximum absolute atomic E-state index is 4.80. The Morgan fingerprint density at radius 1 is 1.11 bits per heavy atom. The molecule has 5 heterocycles. The van der Waals surface area contributed by atoms with Gasteiger partial charge in [0.1, 0.15) is 5.82 Å². The Hall–Kier alpha value is -3.26. The molecular weight excluding hydrogens is 340 g/mol. The summed E-state index contributed by atoms with van der Waals surface area (Å²) in [5.41, 5.74) is 4.42. The van der Waals surface area contributed by atoms with Gasteiger partial charge in [-0.1, -0.05) is 6.07 Å². The maximum atomic E-state index is 4.80. The molecule has 8 heteroatoms. The average Bonchev–Trinajstić information content (AvgIpc) is 3.42. The molecule has 1 aliphatic heterocycles. The molecule has 0 unspecified atom stereocenters. The van der Waals surface area contributed by atoms with Gasteiger partial charge in [0.15, 0.2) is 5.65 Å². The van der Waals surface area contributed by atoms with Crippen LogP contribution >= 0.6 is 0 Å². The summed E-state index contributed by atoms with van der Waals surface area (Å²) in [6.45, 7) is 2.02. The second kappa shape index (κ2) is 6.48. The molecule has 0 radical (unpaired) electrons. The largest absolute Gasteiger partial charge is 0.366 e. The summed E-state index contributed by atoms with van der Waals surface area (Å²) in [6.07, 6.45) is 10.5. The minimum Gasteiger partial charge on any atom is -0.366 e. The van der Waals surface area contributed by atoms with Crippen LogP contribution in [0.4, 0.5) is 5.82 Å². The Balaban J connectivity index is 1.52. The Morgan fingerprint density at radius 2 is 2.07 bits per heavy atom. The lowest BCUT2D eigenvalue weighted by atomic mass is 10.2. The minimum absolute atomic E-state index is 0.427. The van der Waals surface area contributed by atoms with Gasteiger partial charge >= 0.3 is 0 Å². The van der Waals surface area contributed by atoms with Crippen molar-refractivity contribution in [3.05, 3.63) is 49.2 Å². The summed E-state index contributed by atoms with van der Waals surface area (Å²) in [5, 5.41) is 11.1. The quantitative estimate of drug-likeness (QED) is 0.579. The van der Waals surface area contributed by atoms with Crippen LogP contribution in [0.5, 0.6) is 0 Å². The maximum Gasteiger partial charge on any atom is 0.155 e. The molecule has 0 saturated carbocycles. The molecule has 8 nitrogen and oxygen atoms in total. The van der Waals surface area contributed by atoms with Crippen LogP contribution < -0.4 is 10.6 Å². The number of nitrogens with one attached hydrogen (secondary N) is 2. The number of nitrogens with zero attached hydrogens (tertiary/aromatic N) is 6. The highest BCUT2D eigenvalue weighted by Crippen LogP contribution is 2.23. The van der Waals surface area contributed by atoms with E-state index < -0.39 is 0 Å². The lowest BCUT2D eigenvalue weighted by Gasteiger charge is -2.12. The number of hydrogen-bond donors (Lipinski definition) is 2. The zero-order valence-electron chi connectivity index (χ0n) is 15.0. The Morgan fingerprint density at radius 3 is 2.89 bits per heavy atom. The molecule has 1 atom stereocenters. The molecule has 0 amide bonds. The summed E-state index contributed by atoms with van der Waals surface area (Å²) in [6, 6.07) is 6.46. The summed E-state index contributed by atoms with van der Waals surface area (Å²) in [4.78, 5) is 13.8. The second-order valence-corrected chi connectivity index (χ2v) is 6.79. The topological polar surface area (TPSA) is 85.0 Å². The van der Waals surface area contributed by atoms with Gasteiger partial charge in [0, 0.05) is 37.6 Å². The van der Waals surface area contributed by atoms with Crippen molar-refractivity contribution in [2.24, 2.45) is 7.05 Å². The summed E-state index contributed by atoms with van der Waals surface area (Å²) < 4.78 is 3.79. The first-order valence-electron chi connectivity index (χ1n) is 9.03. The van der Waals surface area contributed by atoms with E-state index in [1.165, 1.54) is 0 Å². The average molecular weight is 360 g/mol. The number of fused-ring (bicyclic) bond motifs is 1. The van der Waals surface area contributed by atoms with Crippen LogP contribution in [0.25, 0.3) is 28.3 Å². The molecule has 136 valence electrons. The first-order valence-corrected chi connectivity index (χ1v) is 9.03. The van der Waals surface area contributed by atoms with Crippen molar-refractivity contribution in [2.45, 2.75) is 12.5 Å². The second-order valence-electron chi connectivity index (χ2n) is 6.79. The molecule has 0 spiro atoms. The zero-order chi connectivity index (χ0) is 18.2. The number of pyridine rings is 1. The van der Waals surface area contributed by atoms with Crippen LogP contribution in [-0.2, 0) is 7.05 Å². The van der Waals surface area contributed by atoms with Crippen LogP contribution in [0, 0.1) is 0 Å². The van der Waals surface area contributed by atoms with Crippen molar-refractivity contribution in [1.82, 2.24) is 34.4 Å². The van der Waals surface area contributed by atoms with Gasteiger partial charge in [0.05, 0.1) is 35.7 Å². The Bertz CT molecular complexity index is 1090. The monoisotopic (exact) mass is 360 g/mol. The van der Waals surface area contributed by atoms with Crippen LogP contribution in [0.15, 0.2) is 49.2 Å². The molecule has 0 bridgehead atoms. The van der Waals surface area contributed by atoms with Crippen molar-refractivity contribution in [2.75, 3.05) is 18.4 Å². The Kier molecular flexibility index (Phi) is 3.83. The van der Waals surface area contributed by atoms with Crippen LogP contribution in [0.1, 0.15) is 6.42 Å². The molecule has 1 fully saturated rings. The first-order chi connectivity index (χ1) is 13.3. The van der Waals surface area contributed by atoms with Crippen molar-refractivity contribution in [1.29, 1.82) is 0 Å². The van der Waals surface area contributed by atoms with E-state index in [4.69, 9.17) is 4.98 Å². The molecule has 27 heavy (non-hydrogen) atoms. The van der Waals surface area contributed by atoms with E-state index in [-0.39, 0.29) is 0 Å². The molecule has 0 aliphatic carbocycles. The summed E-state index contributed by atoms with van der Waals surface area (Å²) in [5.74, 6) is 0.887. The van der Waals surface area contributed by atoms with Crippen LogP contribution in [-0.4, -0.2) is 48.3 Å². The van der Waals surface area contributed by atoms with E-state index in [0.717, 1.165) is 53.6 Å². The molecule has 1 aliphatic rings. The molecule has 4 aromatic heterocycles. The summed E-state index contributed by atoms with van der Waals surface area (Å²) in [7, 11) is 1.90. The van der Waals surface area contributed by atoms with Gasteiger partial charge in [0.2, 0.25) is 0 Å². The van der Waals surface area contributed by atoms with Gasteiger partial charge in [-0.15, -0.1) is 0 Å². The first kappa shape index (κ1) is 16.0. The van der Waals surface area contributed by atoms with Gasteiger partial charge in [-0.3, -0.25) is 14.1 Å². The van der Waals surface area contributed by atoms with Crippen molar-refractivity contribution < 1.29 is 0 Å². The molecular formula is C19H20N8. The summed E-state index contributed by atoms with van der Waals surface area (Å²) >= 11 is 0. The number of aromatic nitrogens is 6. The third kappa shape index (κ3) is 3.04. The lowest BCUT2D eigenvalue weighted by Crippen LogP contribution is -2.22. The van der Waals surface area contributed by atoms with Gasteiger partial charge in [-0.25, -0.2) is 9.97 Å². The number of anilines is 1. The zero-order valence-corrected chi connectivity index (χ0v) is 15.0. The van der Waals surface area contributed by atoms with Gasteiger partial charge < -0.3 is 10.6 Å². The van der Waals surface area contributed by atoms with E-state index in [0.29, 0.717) is 6.04 Å². The van der Waals surface area contributed by atoms with Crippen LogP contribution in [0.3, 0.4) is 0 Å². The molecule has 1 saturated heterocycles. The number of aryl methyl sites for hydroxylation is 1. The minimum atomic E-state index is 0.427. The molecule has 0 aromatic carbocycles. The van der Waals surface area contributed by atoms with Gasteiger partial charge in [0.25, 0.3) is 0 Å². The highest BCUT2D eigenvalue weighted by Gasteiger charge is 2.15. The van der Waals surface area contributed by atoms with E-state index >= 15 is 0 Å². The normalized spacial score (nSPS) is 16.9. The standard InChI is InChI=1S/C19H20N8/c1-26-11-13(7-23-26)16-12-27-17(9-22-19(27)10-21-16)15-3-2-4-18(25-15)24-14-5-6-20-8-14/h2-4,7,9-12,14,20H,5-6,8H2,1H3,(H,24,25)/t14-/m1/s1. The third-order valence-corrected chi connectivity index (χ3v) is 4.82. The van der Waals surface area contributed by atoms with E-state index in [9.17, 15) is 0 Å². The van der Waals surface area contributed by atoms with Gasteiger partial charge in [-0.2, -0.15) is 5.10 Å². The van der Waals surface area contributed by atoms with E-state index in [1.807, 2.05) is 54.4 Å². The van der Waals surface area contributed by atoms with E-state index in [2.05, 4.69) is 25.7 Å². The smallest absolute Gasteiger partial charge is 0.155 e. The fraction of sp³-hybridized carbons (Fsp3) is 0.263. The van der Waals surface area contributed by atoms with Crippen molar-refractivity contribution in [3.8, 4) is 22.6 Å². The molecule has 4 aromatic rings. The predicted molar refractivity (Wildman–Crippen MR) is 103 cm³/mol. The fourth-order valence-electron chi connectivity index (χ4n) is 3.43. The number of rotatable bonds is 4. The molecule has 5 rings (SSSR count). The highest BCUT2D eigenvalue weighted by atomic mass is 15.2. The fourth-order valence-corrected chi connectivity index (χ4v) is 3.43. The number of hydrogen-bond acceptors (Lipinski definition) is 6. The molecule has 2 N–H and O–H groups in total. The highest BCUT2D eigenvalue weighted by molar-refractivity contribution is 5.64.